The Kier molecular flexibility index (Phi) is 3.74. The lowest BCUT2D eigenvalue weighted by Gasteiger charge is -2.04. The summed E-state index contributed by atoms with van der Waals surface area (Å²) in [5.41, 5.74) is 3.92. The molecule has 0 fully saturated rings. The van der Waals surface area contributed by atoms with Crippen LogP contribution in [0.2, 0.25) is 0 Å². The zero-order valence-corrected chi connectivity index (χ0v) is 9.96. The Hall–Kier alpha value is -1.85. The van der Waals surface area contributed by atoms with Gasteiger partial charge >= 0.3 is 0 Å². The van der Waals surface area contributed by atoms with Crippen molar-refractivity contribution in [2.75, 3.05) is 5.43 Å². The van der Waals surface area contributed by atoms with Gasteiger partial charge in [-0.25, -0.2) is 0 Å². The third-order valence-corrected chi connectivity index (χ3v) is 3.19. The van der Waals surface area contributed by atoms with E-state index in [9.17, 15) is 4.79 Å². The van der Waals surface area contributed by atoms with Gasteiger partial charge in [-0.2, -0.15) is 0 Å². The predicted octanol–water partition coefficient (Wildman–Crippen LogP) is 1.96. The molecule has 0 radical (unpaired) electrons. The summed E-state index contributed by atoms with van der Waals surface area (Å²) in [5.74, 6) is 5.17. The van der Waals surface area contributed by atoms with Crippen LogP contribution in [0.5, 0.6) is 0 Å². The fourth-order valence-corrected chi connectivity index (χ4v) is 2.05. The number of thiophene rings is 1. The van der Waals surface area contributed by atoms with Gasteiger partial charge in [0.25, 0.3) is 5.91 Å². The molecule has 88 valence electrons. The Morgan fingerprint density at radius 2 is 2.00 bits per heavy atom. The molecule has 0 spiro atoms. The summed E-state index contributed by atoms with van der Waals surface area (Å²) in [6, 6.07) is 11.0. The van der Waals surface area contributed by atoms with Crippen LogP contribution in [0.25, 0.3) is 0 Å². The van der Waals surface area contributed by atoms with E-state index in [1.807, 2.05) is 17.5 Å². The number of carbonyl (C=O) groups is 1. The standard InChI is InChI=1S/C12H13N3OS/c13-15-10-5-3-9(4-6-10)12(16)14-8-11-2-1-7-17-11/h1-7,15H,8,13H2,(H,14,16). The first kappa shape index (κ1) is 11.6. The van der Waals surface area contributed by atoms with Gasteiger partial charge in [0.1, 0.15) is 0 Å². The summed E-state index contributed by atoms with van der Waals surface area (Å²) in [6.45, 7) is 0.563. The van der Waals surface area contributed by atoms with Gasteiger partial charge in [-0.3, -0.25) is 10.6 Å². The molecular formula is C12H13N3OS. The normalized spacial score (nSPS) is 9.94. The molecule has 4 N–H and O–H groups in total. The van der Waals surface area contributed by atoms with Crippen molar-refractivity contribution in [2.24, 2.45) is 5.84 Å². The van der Waals surface area contributed by atoms with Gasteiger partial charge in [0.15, 0.2) is 0 Å². The first-order valence-electron chi connectivity index (χ1n) is 5.17. The highest BCUT2D eigenvalue weighted by Crippen LogP contribution is 2.10. The van der Waals surface area contributed by atoms with E-state index in [1.165, 1.54) is 0 Å². The molecule has 0 bridgehead atoms. The van der Waals surface area contributed by atoms with Crippen molar-refractivity contribution in [2.45, 2.75) is 6.54 Å². The Morgan fingerprint density at radius 1 is 1.24 bits per heavy atom. The number of hydrazine groups is 1. The fraction of sp³-hybridized carbons (Fsp3) is 0.0833. The smallest absolute Gasteiger partial charge is 0.251 e. The number of hydrogen-bond acceptors (Lipinski definition) is 4. The topological polar surface area (TPSA) is 67.1 Å². The molecule has 1 aromatic carbocycles. The molecule has 0 saturated heterocycles. The zero-order chi connectivity index (χ0) is 12.1. The lowest BCUT2D eigenvalue weighted by molar-refractivity contribution is 0.0951. The molecule has 4 nitrogen and oxygen atoms in total. The number of hydrogen-bond donors (Lipinski definition) is 3. The third kappa shape index (κ3) is 3.05. The van der Waals surface area contributed by atoms with E-state index in [0.29, 0.717) is 12.1 Å². The van der Waals surface area contributed by atoms with Crippen LogP contribution in [0.15, 0.2) is 41.8 Å². The molecule has 17 heavy (non-hydrogen) atoms. The molecule has 5 heteroatoms. The minimum atomic E-state index is -0.0815. The number of nitrogen functional groups attached to an aromatic ring is 1. The number of carbonyl (C=O) groups excluding carboxylic acids is 1. The molecule has 0 unspecified atom stereocenters. The molecule has 0 atom stereocenters. The molecule has 1 amide bonds. The molecule has 0 saturated carbocycles. The van der Waals surface area contributed by atoms with E-state index in [1.54, 1.807) is 35.6 Å². The summed E-state index contributed by atoms with van der Waals surface area (Å²) in [4.78, 5) is 12.9. The van der Waals surface area contributed by atoms with Gasteiger partial charge in [-0.15, -0.1) is 11.3 Å². The van der Waals surface area contributed by atoms with Gasteiger partial charge in [-0.1, -0.05) is 6.07 Å². The quantitative estimate of drug-likeness (QED) is 0.571. The summed E-state index contributed by atoms with van der Waals surface area (Å²) >= 11 is 1.62. The third-order valence-electron chi connectivity index (χ3n) is 2.32. The van der Waals surface area contributed by atoms with Crippen LogP contribution in [0.1, 0.15) is 15.2 Å². The molecule has 2 rings (SSSR count). The number of rotatable bonds is 4. The molecule has 1 heterocycles. The van der Waals surface area contributed by atoms with E-state index < -0.39 is 0 Å². The van der Waals surface area contributed by atoms with Gasteiger partial charge in [0, 0.05) is 16.1 Å². The zero-order valence-electron chi connectivity index (χ0n) is 9.14. The number of benzene rings is 1. The van der Waals surface area contributed by atoms with Crippen LogP contribution in [-0.2, 0) is 6.54 Å². The Morgan fingerprint density at radius 3 is 2.59 bits per heavy atom. The maximum atomic E-state index is 11.8. The van der Waals surface area contributed by atoms with E-state index in [0.717, 1.165) is 10.6 Å². The first-order chi connectivity index (χ1) is 8.29. The monoisotopic (exact) mass is 247 g/mol. The first-order valence-corrected chi connectivity index (χ1v) is 6.05. The summed E-state index contributed by atoms with van der Waals surface area (Å²) in [5, 5.41) is 4.85. The molecule has 0 aliphatic rings. The van der Waals surface area contributed by atoms with Crippen LogP contribution in [-0.4, -0.2) is 5.91 Å². The van der Waals surface area contributed by atoms with Gasteiger partial charge in [-0.05, 0) is 35.7 Å². The average molecular weight is 247 g/mol. The highest BCUT2D eigenvalue weighted by atomic mass is 32.1. The van der Waals surface area contributed by atoms with Crippen molar-refractivity contribution >= 4 is 22.9 Å². The van der Waals surface area contributed by atoms with E-state index in [4.69, 9.17) is 5.84 Å². The second-order valence-corrected chi connectivity index (χ2v) is 4.52. The van der Waals surface area contributed by atoms with Gasteiger partial charge < -0.3 is 10.7 Å². The van der Waals surface area contributed by atoms with Crippen LogP contribution >= 0.6 is 11.3 Å². The summed E-state index contributed by atoms with van der Waals surface area (Å²) in [7, 11) is 0. The molecular weight excluding hydrogens is 234 g/mol. The molecule has 2 aromatic rings. The number of nitrogens with one attached hydrogen (secondary N) is 2. The van der Waals surface area contributed by atoms with Crippen LogP contribution in [0, 0.1) is 0 Å². The Balaban J connectivity index is 1.95. The second kappa shape index (κ2) is 5.47. The highest BCUT2D eigenvalue weighted by Gasteiger charge is 2.04. The lowest BCUT2D eigenvalue weighted by Crippen LogP contribution is -2.22. The van der Waals surface area contributed by atoms with Crippen molar-refractivity contribution < 1.29 is 4.79 Å². The van der Waals surface area contributed by atoms with Crippen molar-refractivity contribution in [3.8, 4) is 0 Å². The minimum Gasteiger partial charge on any atom is -0.347 e. The molecule has 1 aromatic heterocycles. The largest absolute Gasteiger partial charge is 0.347 e. The Labute approximate surface area is 103 Å². The molecule has 0 aliphatic carbocycles. The Bertz CT molecular complexity index is 479. The van der Waals surface area contributed by atoms with Gasteiger partial charge in [0.2, 0.25) is 0 Å². The van der Waals surface area contributed by atoms with Crippen molar-refractivity contribution in [3.63, 3.8) is 0 Å². The van der Waals surface area contributed by atoms with Crippen molar-refractivity contribution in [1.29, 1.82) is 0 Å². The number of anilines is 1. The maximum Gasteiger partial charge on any atom is 0.251 e. The SMILES string of the molecule is NNc1ccc(C(=O)NCc2cccs2)cc1. The van der Waals surface area contributed by atoms with Crippen LogP contribution < -0.4 is 16.6 Å². The molecule has 0 aliphatic heterocycles. The van der Waals surface area contributed by atoms with E-state index >= 15 is 0 Å². The fourth-order valence-electron chi connectivity index (χ4n) is 1.40. The average Bonchev–Trinajstić information content (AvgIpc) is 2.89. The van der Waals surface area contributed by atoms with Crippen LogP contribution in [0.3, 0.4) is 0 Å². The maximum absolute atomic E-state index is 11.8. The van der Waals surface area contributed by atoms with Crippen molar-refractivity contribution in [1.82, 2.24) is 5.32 Å². The van der Waals surface area contributed by atoms with E-state index in [-0.39, 0.29) is 5.91 Å². The van der Waals surface area contributed by atoms with Crippen molar-refractivity contribution in [3.05, 3.63) is 52.2 Å². The second-order valence-electron chi connectivity index (χ2n) is 3.48. The highest BCUT2D eigenvalue weighted by molar-refractivity contribution is 7.09. The summed E-state index contributed by atoms with van der Waals surface area (Å²) < 4.78 is 0. The number of nitrogens with two attached hydrogens (primary N) is 1. The predicted molar refractivity (Wildman–Crippen MR) is 69.7 cm³/mol. The van der Waals surface area contributed by atoms with Crippen LogP contribution in [0.4, 0.5) is 5.69 Å². The van der Waals surface area contributed by atoms with Gasteiger partial charge in [0.05, 0.1) is 6.54 Å². The lowest BCUT2D eigenvalue weighted by atomic mass is 10.2. The number of amides is 1. The summed E-state index contributed by atoms with van der Waals surface area (Å²) in [6.07, 6.45) is 0. The van der Waals surface area contributed by atoms with E-state index in [2.05, 4.69) is 10.7 Å². The minimum absolute atomic E-state index is 0.0815.